The van der Waals surface area contributed by atoms with E-state index in [1.807, 2.05) is 96.2 Å². The van der Waals surface area contributed by atoms with Crippen LogP contribution in [0.15, 0.2) is 89.7 Å². The molecule has 0 aliphatic heterocycles. The molecule has 312 valence electrons. The molecule has 0 unspecified atom stereocenters. The van der Waals surface area contributed by atoms with Crippen LogP contribution in [0.4, 0.5) is 0 Å². The fourth-order valence-electron chi connectivity index (χ4n) is 5.86. The predicted octanol–water partition coefficient (Wildman–Crippen LogP) is 8.86. The lowest BCUT2D eigenvalue weighted by atomic mass is 9.78. The van der Waals surface area contributed by atoms with Crippen LogP contribution in [0, 0.1) is 22.7 Å². The third-order valence-corrected chi connectivity index (χ3v) is 11.9. The van der Waals surface area contributed by atoms with Gasteiger partial charge in [-0.05, 0) is 51.1 Å². The number of hydrogen-bond donors (Lipinski definition) is 3. The highest BCUT2D eigenvalue weighted by Crippen LogP contribution is 2.39. The minimum Gasteiger partial charge on any atom is -0.457 e. The number of allylic oxidation sites excluding steroid dienone is 7. The van der Waals surface area contributed by atoms with Gasteiger partial charge in [-0.3, -0.25) is 0 Å². The minimum atomic E-state index is -0.831. The van der Waals surface area contributed by atoms with Gasteiger partial charge in [-0.1, -0.05) is 114 Å². The van der Waals surface area contributed by atoms with Crippen molar-refractivity contribution < 1.29 is 34.0 Å². The third-order valence-electron chi connectivity index (χ3n) is 10.2. The molecule has 12 heteroatoms. The van der Waals surface area contributed by atoms with Crippen LogP contribution in [0.3, 0.4) is 0 Å². The number of aliphatic hydroxyl groups excluding tert-OH is 2. The number of aromatic nitrogens is 2. The fourth-order valence-corrected chi connectivity index (χ4v) is 7.42. The normalized spacial score (nSPS) is 19.5. The monoisotopic (exact) mass is 821 g/mol. The van der Waals surface area contributed by atoms with Crippen molar-refractivity contribution >= 4 is 40.7 Å². The summed E-state index contributed by atoms with van der Waals surface area (Å²) in [6, 6.07) is 0. The molecule has 4 N–H and O–H groups in total. The number of carbonyl (C=O) groups excluding carboxylic acids is 2. The standard InChI is InChI=1S/C45H63N3O7S2/c1-9-19-36(49)44(4,5)38(54-42(51)34-29-56-40(47-34)20-10-2)24-15-13-11-12-14-22-33(53-8)28-41-48-35(30-57-41)43(52)55-39(25-18-21-32-27-31(32)3)45(6,7)37(50)23-16-17-26-46/h9-16,18-23,29-33,36-39,49-50H,17,24-28,46H2,1-8H3/b12-11-,15-13-,19-9+,20-10-,21-18-,22-14+,23-16+/t31-,32+,33+,36+,37+,38+,39+/m1/s1. The quantitative estimate of drug-likeness (QED) is 0.0532. The molecule has 3 rings (SSSR count). The van der Waals surface area contributed by atoms with Crippen LogP contribution < -0.4 is 5.73 Å². The Labute approximate surface area is 347 Å². The van der Waals surface area contributed by atoms with Crippen molar-refractivity contribution in [3.8, 4) is 0 Å². The van der Waals surface area contributed by atoms with Crippen molar-refractivity contribution in [1.82, 2.24) is 9.97 Å². The molecule has 0 bridgehead atoms. The first-order valence-electron chi connectivity index (χ1n) is 19.7. The van der Waals surface area contributed by atoms with Gasteiger partial charge in [0.1, 0.15) is 17.2 Å². The van der Waals surface area contributed by atoms with Crippen molar-refractivity contribution in [3.05, 3.63) is 111 Å². The number of ether oxygens (including phenoxy) is 3. The summed E-state index contributed by atoms with van der Waals surface area (Å²) in [6.45, 7) is 14.0. The average molecular weight is 822 g/mol. The Morgan fingerprint density at radius 1 is 0.860 bits per heavy atom. The van der Waals surface area contributed by atoms with E-state index >= 15 is 0 Å². The molecule has 0 saturated heterocycles. The summed E-state index contributed by atoms with van der Waals surface area (Å²) in [7, 11) is 1.62. The zero-order chi connectivity index (χ0) is 42.0. The predicted molar refractivity (Wildman–Crippen MR) is 232 cm³/mol. The number of rotatable bonds is 24. The molecule has 1 aliphatic carbocycles. The Hall–Kier alpha value is -3.78. The SMILES string of the molecule is C/C=C\c1nc(C(=O)O[C@@H](C\C=C/C=C\C=C\[C@@H](Cc2nc(C(=O)O[C@@H](C/C=C\[C@H]3C[C@H]3C)C(C)(C)[C@@H](O)/C=C/CCN)cs2)OC)C(C)(C)[C@@H](O)/C=C/C)cs1. The number of esters is 2. The van der Waals surface area contributed by atoms with Crippen LogP contribution >= 0.6 is 22.7 Å². The fraction of sp³-hybridized carbons (Fsp3) is 0.511. The molecule has 0 aromatic carbocycles. The summed E-state index contributed by atoms with van der Waals surface area (Å²) < 4.78 is 17.7. The maximum absolute atomic E-state index is 13.4. The van der Waals surface area contributed by atoms with Gasteiger partial charge in [0.05, 0.1) is 23.3 Å². The smallest absolute Gasteiger partial charge is 0.358 e. The zero-order valence-electron chi connectivity index (χ0n) is 34.7. The van der Waals surface area contributed by atoms with Crippen LogP contribution in [0.5, 0.6) is 0 Å². The highest BCUT2D eigenvalue weighted by molar-refractivity contribution is 7.10. The highest BCUT2D eigenvalue weighted by Gasteiger charge is 2.39. The molecule has 2 aromatic rings. The van der Waals surface area contributed by atoms with E-state index in [4.69, 9.17) is 19.9 Å². The number of nitrogens with two attached hydrogens (primary N) is 1. The van der Waals surface area contributed by atoms with Crippen LogP contribution in [0.2, 0.25) is 0 Å². The zero-order valence-corrected chi connectivity index (χ0v) is 36.4. The first kappa shape index (κ1) is 47.6. The summed E-state index contributed by atoms with van der Waals surface area (Å²) in [4.78, 5) is 35.3. The van der Waals surface area contributed by atoms with Crippen molar-refractivity contribution in [2.24, 2.45) is 28.4 Å². The molecule has 7 atom stereocenters. The minimum absolute atomic E-state index is 0.225. The molecular formula is C45H63N3O7S2. The van der Waals surface area contributed by atoms with Gasteiger partial charge >= 0.3 is 11.9 Å². The van der Waals surface area contributed by atoms with Gasteiger partial charge < -0.3 is 30.2 Å². The number of nitrogens with zero attached hydrogens (tertiary/aromatic N) is 2. The molecule has 2 aromatic heterocycles. The second-order valence-corrected chi connectivity index (χ2v) is 17.3. The molecule has 1 fully saturated rings. The Balaban J connectivity index is 1.61. The molecule has 10 nitrogen and oxygen atoms in total. The lowest BCUT2D eigenvalue weighted by Gasteiger charge is -2.36. The second kappa shape index (κ2) is 23.6. The van der Waals surface area contributed by atoms with E-state index in [1.165, 1.54) is 22.7 Å². The Morgan fingerprint density at radius 3 is 2.05 bits per heavy atom. The Kier molecular flexibility index (Phi) is 19.7. The van der Waals surface area contributed by atoms with Crippen LogP contribution in [-0.4, -0.2) is 76.3 Å². The lowest BCUT2D eigenvalue weighted by molar-refractivity contribution is -0.0461. The van der Waals surface area contributed by atoms with Crippen molar-refractivity contribution in [2.45, 2.75) is 111 Å². The molecule has 1 aliphatic rings. The largest absolute Gasteiger partial charge is 0.457 e. The van der Waals surface area contributed by atoms with Crippen molar-refractivity contribution in [2.75, 3.05) is 13.7 Å². The second-order valence-electron chi connectivity index (χ2n) is 15.5. The molecule has 57 heavy (non-hydrogen) atoms. The third kappa shape index (κ3) is 15.2. The summed E-state index contributed by atoms with van der Waals surface area (Å²) in [5, 5.41) is 26.7. The lowest BCUT2D eigenvalue weighted by Crippen LogP contribution is -2.42. The van der Waals surface area contributed by atoms with Crippen LogP contribution in [0.25, 0.3) is 6.08 Å². The number of carbonyl (C=O) groups is 2. The van der Waals surface area contributed by atoms with Crippen LogP contribution in [0.1, 0.15) is 105 Å². The van der Waals surface area contributed by atoms with E-state index < -0.39 is 47.2 Å². The van der Waals surface area contributed by atoms with Gasteiger partial charge in [0.2, 0.25) is 0 Å². The molecule has 0 amide bonds. The van der Waals surface area contributed by atoms with E-state index in [2.05, 4.69) is 29.0 Å². The van der Waals surface area contributed by atoms with Gasteiger partial charge in [0.15, 0.2) is 11.4 Å². The van der Waals surface area contributed by atoms with Gasteiger partial charge in [-0.25, -0.2) is 19.6 Å². The maximum atomic E-state index is 13.4. The van der Waals surface area contributed by atoms with Crippen molar-refractivity contribution in [1.29, 1.82) is 0 Å². The summed E-state index contributed by atoms with van der Waals surface area (Å²) in [5.74, 6) is 0.167. The summed E-state index contributed by atoms with van der Waals surface area (Å²) in [5.41, 5.74) is 4.55. The van der Waals surface area contributed by atoms with E-state index in [0.717, 1.165) is 16.4 Å². The highest BCUT2D eigenvalue weighted by atomic mass is 32.1. The summed E-state index contributed by atoms with van der Waals surface area (Å²) >= 11 is 2.73. The molecule has 0 spiro atoms. The van der Waals surface area contributed by atoms with Crippen molar-refractivity contribution in [3.63, 3.8) is 0 Å². The number of thiazole rings is 2. The van der Waals surface area contributed by atoms with E-state index in [1.54, 1.807) is 36.1 Å². The van der Waals surface area contributed by atoms with Gasteiger partial charge in [-0.15, -0.1) is 22.7 Å². The number of hydrogen-bond acceptors (Lipinski definition) is 12. The van der Waals surface area contributed by atoms with Gasteiger partial charge in [-0.2, -0.15) is 0 Å². The first-order valence-corrected chi connectivity index (χ1v) is 21.4. The molecule has 0 radical (unpaired) electrons. The number of methoxy groups -OCH3 is 1. The molecule has 1 saturated carbocycles. The van der Waals surface area contributed by atoms with E-state index in [0.29, 0.717) is 44.1 Å². The van der Waals surface area contributed by atoms with E-state index in [-0.39, 0.29) is 17.5 Å². The van der Waals surface area contributed by atoms with Gasteiger partial charge in [0, 0.05) is 48.0 Å². The maximum Gasteiger partial charge on any atom is 0.358 e. The van der Waals surface area contributed by atoms with Gasteiger partial charge in [0.25, 0.3) is 0 Å². The number of aliphatic hydroxyl groups is 2. The molecular weight excluding hydrogens is 759 g/mol. The first-order chi connectivity index (χ1) is 27.2. The Bertz CT molecular complexity index is 1770. The van der Waals surface area contributed by atoms with E-state index in [9.17, 15) is 19.8 Å². The summed E-state index contributed by atoms with van der Waals surface area (Å²) in [6.07, 6.45) is 26.3. The topological polar surface area (TPSA) is 154 Å². The Morgan fingerprint density at radius 2 is 1.46 bits per heavy atom. The average Bonchev–Trinajstić information content (AvgIpc) is 3.49. The molecule has 2 heterocycles. The van der Waals surface area contributed by atoms with Crippen LogP contribution in [-0.2, 0) is 20.6 Å².